The van der Waals surface area contributed by atoms with Gasteiger partial charge in [-0.15, -0.1) is 0 Å². The maximum Gasteiger partial charge on any atom is 0.265 e. The van der Waals surface area contributed by atoms with Crippen molar-refractivity contribution in [2.24, 2.45) is 0 Å². The van der Waals surface area contributed by atoms with Crippen molar-refractivity contribution in [2.75, 3.05) is 16.8 Å². The minimum atomic E-state index is -0.324. The summed E-state index contributed by atoms with van der Waals surface area (Å²) in [4.78, 5) is 25.0. The molecule has 2 aromatic rings. The number of hydrogen-bond donors (Lipinski definition) is 1. The highest BCUT2D eigenvalue weighted by Crippen LogP contribution is 2.35. The molecule has 3 rings (SSSR count). The van der Waals surface area contributed by atoms with Crippen LogP contribution in [0.3, 0.4) is 0 Å². The lowest BCUT2D eigenvalue weighted by Crippen LogP contribution is -2.38. The van der Waals surface area contributed by atoms with Gasteiger partial charge < -0.3 is 15.0 Å². The summed E-state index contributed by atoms with van der Waals surface area (Å²) in [5.74, 6) is -0.142. The number of nitrogens with one attached hydrogen (secondary N) is 1. The molecule has 0 bridgehead atoms. The first-order valence-corrected chi connectivity index (χ1v) is 7.12. The summed E-state index contributed by atoms with van der Waals surface area (Å²) in [6.07, 6.45) is 0. The Morgan fingerprint density at radius 3 is 2.70 bits per heavy atom. The topological polar surface area (TPSA) is 58.6 Å². The van der Waals surface area contributed by atoms with Crippen LogP contribution >= 0.6 is 0 Å². The van der Waals surface area contributed by atoms with Gasteiger partial charge in [0.1, 0.15) is 11.6 Å². The van der Waals surface area contributed by atoms with Crippen molar-refractivity contribution in [3.63, 3.8) is 0 Å². The maximum atomic E-state index is 13.0. The van der Waals surface area contributed by atoms with E-state index in [2.05, 4.69) is 5.32 Å². The van der Waals surface area contributed by atoms with Gasteiger partial charge in [-0.3, -0.25) is 9.59 Å². The van der Waals surface area contributed by atoms with Crippen molar-refractivity contribution in [2.45, 2.75) is 13.5 Å². The van der Waals surface area contributed by atoms with E-state index in [9.17, 15) is 14.0 Å². The standard InChI is InChI=1S/C17H15FN2O3/c1-11(21)19-14-6-7-16-15(8-14)20(17(22)10-23-16)9-12-2-4-13(18)5-3-12/h2-8H,9-10H2,1H3,(H,19,21). The average molecular weight is 314 g/mol. The number of ether oxygens (including phenoxy) is 1. The van der Waals surface area contributed by atoms with Crippen molar-refractivity contribution in [3.8, 4) is 5.75 Å². The van der Waals surface area contributed by atoms with Crippen LogP contribution in [0.5, 0.6) is 5.75 Å². The minimum absolute atomic E-state index is 0.0479. The fourth-order valence-corrected chi connectivity index (χ4v) is 2.43. The zero-order valence-corrected chi connectivity index (χ0v) is 12.5. The maximum absolute atomic E-state index is 13.0. The Balaban J connectivity index is 1.92. The van der Waals surface area contributed by atoms with Crippen molar-refractivity contribution in [1.82, 2.24) is 0 Å². The SMILES string of the molecule is CC(=O)Nc1ccc2c(c1)N(Cc1ccc(F)cc1)C(=O)CO2. The highest BCUT2D eigenvalue weighted by molar-refractivity contribution is 5.99. The molecule has 2 aromatic carbocycles. The molecule has 0 unspecified atom stereocenters. The Morgan fingerprint density at radius 1 is 1.26 bits per heavy atom. The molecule has 1 heterocycles. The molecule has 5 nitrogen and oxygen atoms in total. The van der Waals surface area contributed by atoms with Crippen molar-refractivity contribution in [1.29, 1.82) is 0 Å². The van der Waals surface area contributed by atoms with E-state index in [1.54, 1.807) is 35.2 Å². The molecule has 0 radical (unpaired) electrons. The first-order valence-electron chi connectivity index (χ1n) is 7.12. The molecule has 1 N–H and O–H groups in total. The minimum Gasteiger partial charge on any atom is -0.482 e. The third-order valence-electron chi connectivity index (χ3n) is 3.48. The van der Waals surface area contributed by atoms with Crippen LogP contribution in [0.4, 0.5) is 15.8 Å². The second kappa shape index (κ2) is 6.08. The second-order valence-electron chi connectivity index (χ2n) is 5.26. The summed E-state index contributed by atoms with van der Waals surface area (Å²) in [5.41, 5.74) is 1.97. The number of carbonyl (C=O) groups excluding carboxylic acids is 2. The van der Waals surface area contributed by atoms with Gasteiger partial charge in [0, 0.05) is 12.6 Å². The highest BCUT2D eigenvalue weighted by atomic mass is 19.1. The van der Waals surface area contributed by atoms with E-state index in [-0.39, 0.29) is 24.2 Å². The van der Waals surface area contributed by atoms with E-state index in [1.165, 1.54) is 19.1 Å². The molecule has 0 atom stereocenters. The van der Waals surface area contributed by atoms with Crippen molar-refractivity contribution >= 4 is 23.2 Å². The van der Waals surface area contributed by atoms with Crippen LogP contribution in [0.15, 0.2) is 42.5 Å². The number of fused-ring (bicyclic) bond motifs is 1. The smallest absolute Gasteiger partial charge is 0.265 e. The van der Waals surface area contributed by atoms with Gasteiger partial charge in [0.05, 0.1) is 12.2 Å². The zero-order chi connectivity index (χ0) is 16.4. The van der Waals surface area contributed by atoms with Crippen LogP contribution in [0.25, 0.3) is 0 Å². The first kappa shape index (κ1) is 15.0. The summed E-state index contributed by atoms with van der Waals surface area (Å²) < 4.78 is 18.4. The van der Waals surface area contributed by atoms with E-state index in [0.29, 0.717) is 23.7 Å². The number of halogens is 1. The third-order valence-corrected chi connectivity index (χ3v) is 3.48. The molecule has 0 aliphatic carbocycles. The molecule has 0 aromatic heterocycles. The molecule has 0 fully saturated rings. The summed E-state index contributed by atoms with van der Waals surface area (Å²) in [7, 11) is 0. The van der Waals surface area contributed by atoms with Gasteiger partial charge in [0.15, 0.2) is 6.61 Å². The predicted molar refractivity (Wildman–Crippen MR) is 83.8 cm³/mol. The molecule has 2 amide bonds. The van der Waals surface area contributed by atoms with Gasteiger partial charge in [0.2, 0.25) is 5.91 Å². The molecule has 1 aliphatic heterocycles. The Bertz CT molecular complexity index is 759. The summed E-state index contributed by atoms with van der Waals surface area (Å²) >= 11 is 0. The number of rotatable bonds is 3. The van der Waals surface area contributed by atoms with Gasteiger partial charge in [0.25, 0.3) is 5.91 Å². The molecular formula is C17H15FN2O3. The van der Waals surface area contributed by atoms with Crippen LogP contribution < -0.4 is 15.0 Å². The summed E-state index contributed by atoms with van der Waals surface area (Å²) in [6.45, 7) is 1.67. The van der Waals surface area contributed by atoms with Gasteiger partial charge in [-0.1, -0.05) is 12.1 Å². The number of nitrogens with zero attached hydrogens (tertiary/aromatic N) is 1. The van der Waals surface area contributed by atoms with Crippen LogP contribution in [-0.2, 0) is 16.1 Å². The van der Waals surface area contributed by atoms with E-state index >= 15 is 0 Å². The van der Waals surface area contributed by atoms with E-state index in [4.69, 9.17) is 4.74 Å². The highest BCUT2D eigenvalue weighted by Gasteiger charge is 2.26. The quantitative estimate of drug-likeness (QED) is 0.947. The van der Waals surface area contributed by atoms with Gasteiger partial charge >= 0.3 is 0 Å². The lowest BCUT2D eigenvalue weighted by Gasteiger charge is -2.30. The largest absolute Gasteiger partial charge is 0.482 e. The fourth-order valence-electron chi connectivity index (χ4n) is 2.43. The Labute approximate surface area is 132 Å². The third kappa shape index (κ3) is 3.31. The van der Waals surface area contributed by atoms with Crippen LogP contribution in [0.1, 0.15) is 12.5 Å². The number of hydrogen-bond acceptors (Lipinski definition) is 3. The van der Waals surface area contributed by atoms with Gasteiger partial charge in [-0.25, -0.2) is 4.39 Å². The molecule has 118 valence electrons. The Kier molecular flexibility index (Phi) is 3.97. The Morgan fingerprint density at radius 2 is 2.00 bits per heavy atom. The molecule has 23 heavy (non-hydrogen) atoms. The molecular weight excluding hydrogens is 299 g/mol. The zero-order valence-electron chi connectivity index (χ0n) is 12.5. The van der Waals surface area contributed by atoms with E-state index in [1.807, 2.05) is 0 Å². The van der Waals surface area contributed by atoms with Gasteiger partial charge in [-0.2, -0.15) is 0 Å². The number of benzene rings is 2. The lowest BCUT2D eigenvalue weighted by molar-refractivity contribution is -0.121. The molecule has 0 saturated carbocycles. The normalized spacial score (nSPS) is 13.3. The molecule has 6 heteroatoms. The number of anilines is 2. The fraction of sp³-hybridized carbons (Fsp3) is 0.176. The molecule has 0 saturated heterocycles. The van der Waals surface area contributed by atoms with Crippen molar-refractivity contribution < 1.29 is 18.7 Å². The van der Waals surface area contributed by atoms with Crippen molar-refractivity contribution in [3.05, 3.63) is 53.8 Å². The van der Waals surface area contributed by atoms with Crippen LogP contribution in [0.2, 0.25) is 0 Å². The van der Waals surface area contributed by atoms with E-state index in [0.717, 1.165) is 5.56 Å². The van der Waals surface area contributed by atoms with Crippen LogP contribution in [0, 0.1) is 5.82 Å². The number of carbonyl (C=O) groups is 2. The lowest BCUT2D eigenvalue weighted by atomic mass is 10.1. The second-order valence-corrected chi connectivity index (χ2v) is 5.26. The van der Waals surface area contributed by atoms with Crippen LogP contribution in [-0.4, -0.2) is 18.4 Å². The predicted octanol–water partition coefficient (Wildman–Crippen LogP) is 2.71. The van der Waals surface area contributed by atoms with Gasteiger partial charge in [-0.05, 0) is 35.9 Å². The monoisotopic (exact) mass is 314 g/mol. The summed E-state index contributed by atoms with van der Waals surface area (Å²) in [6, 6.07) is 11.1. The Hall–Kier alpha value is -2.89. The molecule has 0 spiro atoms. The molecule has 1 aliphatic rings. The first-order chi connectivity index (χ1) is 11.0. The number of amides is 2. The summed E-state index contributed by atoms with van der Waals surface area (Å²) in [5, 5.41) is 2.68. The van der Waals surface area contributed by atoms with E-state index < -0.39 is 0 Å². The average Bonchev–Trinajstić information content (AvgIpc) is 2.51.